The number of rotatable bonds is 4. The summed E-state index contributed by atoms with van der Waals surface area (Å²) in [5.74, 6) is 0.795. The molecule has 1 N–H and O–H groups in total. The van der Waals surface area contributed by atoms with Crippen molar-refractivity contribution in [2.75, 3.05) is 12.4 Å². The zero-order valence-electron chi connectivity index (χ0n) is 9.16. The molecule has 0 bridgehead atoms. The molecule has 0 amide bonds. The Hall–Kier alpha value is -1.32. The first kappa shape index (κ1) is 10.8. The van der Waals surface area contributed by atoms with E-state index >= 15 is 0 Å². The first-order valence-corrected chi connectivity index (χ1v) is 4.72. The summed E-state index contributed by atoms with van der Waals surface area (Å²) in [4.78, 5) is 8.12. The molecule has 0 unspecified atom stereocenters. The van der Waals surface area contributed by atoms with Gasteiger partial charge in [0.2, 0.25) is 0 Å². The number of aromatic nitrogens is 2. The molecule has 4 nitrogen and oxygen atoms in total. The summed E-state index contributed by atoms with van der Waals surface area (Å²) < 4.78 is 4.94. The van der Waals surface area contributed by atoms with Gasteiger partial charge in [-0.15, -0.1) is 0 Å². The lowest BCUT2D eigenvalue weighted by Crippen LogP contribution is -2.30. The highest BCUT2D eigenvalue weighted by Crippen LogP contribution is 2.16. The van der Waals surface area contributed by atoms with Gasteiger partial charge in [0.25, 0.3) is 0 Å². The van der Waals surface area contributed by atoms with E-state index in [1.807, 2.05) is 6.07 Å². The SMILES string of the molecule is CCC(C)(C)Nc1ccnc(OC)n1. The van der Waals surface area contributed by atoms with Crippen LogP contribution in [0.25, 0.3) is 0 Å². The molecule has 0 aliphatic heterocycles. The van der Waals surface area contributed by atoms with Gasteiger partial charge in [0.05, 0.1) is 7.11 Å². The lowest BCUT2D eigenvalue weighted by Gasteiger charge is -2.24. The van der Waals surface area contributed by atoms with Gasteiger partial charge in [0.1, 0.15) is 5.82 Å². The summed E-state index contributed by atoms with van der Waals surface area (Å²) in [6.45, 7) is 6.38. The van der Waals surface area contributed by atoms with Crippen LogP contribution < -0.4 is 10.1 Å². The van der Waals surface area contributed by atoms with Crippen molar-refractivity contribution in [1.82, 2.24) is 9.97 Å². The minimum Gasteiger partial charge on any atom is -0.467 e. The summed E-state index contributed by atoms with van der Waals surface area (Å²) in [6.07, 6.45) is 2.71. The third-order valence-electron chi connectivity index (χ3n) is 2.17. The standard InChI is InChI=1S/C10H17N3O/c1-5-10(2,3)13-8-6-7-11-9(12-8)14-4/h6-7H,5H2,1-4H3,(H,11,12,13). The average Bonchev–Trinajstić information content (AvgIpc) is 2.17. The Morgan fingerprint density at radius 2 is 2.21 bits per heavy atom. The number of hydrogen-bond donors (Lipinski definition) is 1. The van der Waals surface area contributed by atoms with E-state index in [4.69, 9.17) is 4.74 Å². The number of nitrogens with one attached hydrogen (secondary N) is 1. The zero-order chi connectivity index (χ0) is 10.6. The molecule has 0 radical (unpaired) electrons. The third-order valence-corrected chi connectivity index (χ3v) is 2.17. The van der Waals surface area contributed by atoms with Crippen molar-refractivity contribution in [3.63, 3.8) is 0 Å². The van der Waals surface area contributed by atoms with Crippen LogP contribution in [0.2, 0.25) is 0 Å². The number of hydrogen-bond acceptors (Lipinski definition) is 4. The summed E-state index contributed by atoms with van der Waals surface area (Å²) in [6, 6.07) is 2.22. The van der Waals surface area contributed by atoms with Gasteiger partial charge in [-0.25, -0.2) is 4.98 Å². The highest BCUT2D eigenvalue weighted by Gasteiger charge is 2.14. The Balaban J connectivity index is 2.76. The predicted molar refractivity (Wildman–Crippen MR) is 56.6 cm³/mol. The Morgan fingerprint density at radius 3 is 2.79 bits per heavy atom. The fourth-order valence-corrected chi connectivity index (χ4v) is 0.944. The fourth-order valence-electron chi connectivity index (χ4n) is 0.944. The van der Waals surface area contributed by atoms with Crippen LogP contribution >= 0.6 is 0 Å². The molecule has 78 valence electrons. The van der Waals surface area contributed by atoms with E-state index in [-0.39, 0.29) is 5.54 Å². The van der Waals surface area contributed by atoms with E-state index in [9.17, 15) is 0 Å². The van der Waals surface area contributed by atoms with E-state index in [2.05, 4.69) is 36.1 Å². The van der Waals surface area contributed by atoms with Gasteiger partial charge in [0, 0.05) is 11.7 Å². The molecular weight excluding hydrogens is 178 g/mol. The second-order valence-electron chi connectivity index (χ2n) is 3.79. The maximum atomic E-state index is 4.94. The maximum absolute atomic E-state index is 4.94. The van der Waals surface area contributed by atoms with Gasteiger partial charge in [0.15, 0.2) is 0 Å². The summed E-state index contributed by atoms with van der Waals surface area (Å²) in [7, 11) is 1.56. The Kier molecular flexibility index (Phi) is 3.28. The summed E-state index contributed by atoms with van der Waals surface area (Å²) >= 11 is 0. The minimum atomic E-state index is 0.0410. The monoisotopic (exact) mass is 195 g/mol. The van der Waals surface area contributed by atoms with Crippen LogP contribution in [0, 0.1) is 0 Å². The highest BCUT2D eigenvalue weighted by molar-refractivity contribution is 5.36. The van der Waals surface area contributed by atoms with Crippen molar-refractivity contribution in [1.29, 1.82) is 0 Å². The first-order valence-electron chi connectivity index (χ1n) is 4.72. The molecule has 0 spiro atoms. The zero-order valence-corrected chi connectivity index (χ0v) is 9.16. The quantitative estimate of drug-likeness (QED) is 0.799. The normalized spacial score (nSPS) is 11.1. The van der Waals surface area contributed by atoms with Crippen molar-refractivity contribution in [2.24, 2.45) is 0 Å². The van der Waals surface area contributed by atoms with Crippen LogP contribution in [0.1, 0.15) is 27.2 Å². The van der Waals surface area contributed by atoms with Crippen molar-refractivity contribution in [3.8, 4) is 6.01 Å². The maximum Gasteiger partial charge on any atom is 0.318 e. The lowest BCUT2D eigenvalue weighted by molar-refractivity contribution is 0.380. The highest BCUT2D eigenvalue weighted by atomic mass is 16.5. The topological polar surface area (TPSA) is 47.0 Å². The molecule has 1 aromatic heterocycles. The van der Waals surface area contributed by atoms with Crippen LogP contribution in [-0.4, -0.2) is 22.6 Å². The molecule has 0 atom stereocenters. The van der Waals surface area contributed by atoms with Gasteiger partial charge in [-0.3, -0.25) is 0 Å². The van der Waals surface area contributed by atoms with E-state index in [1.54, 1.807) is 13.3 Å². The predicted octanol–water partition coefficient (Wildman–Crippen LogP) is 2.09. The van der Waals surface area contributed by atoms with Crippen LogP contribution in [-0.2, 0) is 0 Å². The number of nitrogens with zero attached hydrogens (tertiary/aromatic N) is 2. The largest absolute Gasteiger partial charge is 0.467 e. The van der Waals surface area contributed by atoms with Gasteiger partial charge in [-0.05, 0) is 26.3 Å². The molecule has 1 aromatic rings. The summed E-state index contributed by atoms with van der Waals surface area (Å²) in [5.41, 5.74) is 0.0410. The van der Waals surface area contributed by atoms with Gasteiger partial charge in [-0.1, -0.05) is 6.92 Å². The lowest BCUT2D eigenvalue weighted by atomic mass is 10.0. The minimum absolute atomic E-state index is 0.0410. The molecular formula is C10H17N3O. The van der Waals surface area contributed by atoms with E-state index in [0.29, 0.717) is 6.01 Å². The van der Waals surface area contributed by atoms with Crippen LogP contribution in [0.5, 0.6) is 6.01 Å². The van der Waals surface area contributed by atoms with E-state index < -0.39 is 0 Å². The molecule has 0 aliphatic rings. The average molecular weight is 195 g/mol. The molecule has 1 rings (SSSR count). The Labute approximate surface area is 84.7 Å². The Bertz CT molecular complexity index is 299. The molecule has 14 heavy (non-hydrogen) atoms. The summed E-state index contributed by atoms with van der Waals surface area (Å²) in [5, 5.41) is 3.31. The number of ether oxygens (including phenoxy) is 1. The molecule has 0 aromatic carbocycles. The first-order chi connectivity index (χ1) is 6.57. The van der Waals surface area contributed by atoms with Gasteiger partial charge in [-0.2, -0.15) is 4.98 Å². The third kappa shape index (κ3) is 2.87. The van der Waals surface area contributed by atoms with Crippen molar-refractivity contribution in [3.05, 3.63) is 12.3 Å². The van der Waals surface area contributed by atoms with Gasteiger partial charge >= 0.3 is 6.01 Å². The second kappa shape index (κ2) is 4.26. The number of anilines is 1. The smallest absolute Gasteiger partial charge is 0.318 e. The second-order valence-corrected chi connectivity index (χ2v) is 3.79. The fraction of sp³-hybridized carbons (Fsp3) is 0.600. The molecule has 4 heteroatoms. The molecule has 0 fully saturated rings. The van der Waals surface area contributed by atoms with Gasteiger partial charge < -0.3 is 10.1 Å². The van der Waals surface area contributed by atoms with Crippen LogP contribution in [0.4, 0.5) is 5.82 Å². The van der Waals surface area contributed by atoms with Crippen LogP contribution in [0.15, 0.2) is 12.3 Å². The van der Waals surface area contributed by atoms with Crippen molar-refractivity contribution < 1.29 is 4.74 Å². The van der Waals surface area contributed by atoms with Crippen molar-refractivity contribution in [2.45, 2.75) is 32.7 Å². The number of methoxy groups -OCH3 is 1. The molecule has 1 heterocycles. The van der Waals surface area contributed by atoms with E-state index in [0.717, 1.165) is 12.2 Å². The van der Waals surface area contributed by atoms with E-state index in [1.165, 1.54) is 0 Å². The Morgan fingerprint density at radius 1 is 1.50 bits per heavy atom. The molecule has 0 aliphatic carbocycles. The van der Waals surface area contributed by atoms with Crippen LogP contribution in [0.3, 0.4) is 0 Å². The molecule has 0 saturated heterocycles. The molecule has 0 saturated carbocycles. The van der Waals surface area contributed by atoms with Crippen molar-refractivity contribution >= 4 is 5.82 Å².